The van der Waals surface area contributed by atoms with E-state index in [0.29, 0.717) is 10.6 Å². The third-order valence-electron chi connectivity index (χ3n) is 3.07. The van der Waals surface area contributed by atoms with Gasteiger partial charge in [-0.05, 0) is 23.8 Å². The van der Waals surface area contributed by atoms with Crippen molar-refractivity contribution in [3.8, 4) is 10.4 Å². The first-order valence-electron chi connectivity index (χ1n) is 6.86. The Hall–Kier alpha value is -3.01. The lowest BCUT2D eigenvalue weighted by molar-refractivity contribution is -0.141. The Morgan fingerprint density at radius 3 is 2.68 bits per heavy atom. The number of primary amides is 1. The minimum absolute atomic E-state index is 0.172. The topological polar surface area (TPSA) is 93.8 Å². The van der Waals surface area contributed by atoms with Crippen LogP contribution in [0.4, 0.5) is 24.8 Å². The SMILES string of the molecule is NC(=O)c1ncc(-c2cccc(Nc3nccc(C(F)(F)F)n3)c2)s1. The molecule has 3 aromatic rings. The van der Waals surface area contributed by atoms with Gasteiger partial charge in [0.2, 0.25) is 5.95 Å². The van der Waals surface area contributed by atoms with Crippen molar-refractivity contribution < 1.29 is 18.0 Å². The summed E-state index contributed by atoms with van der Waals surface area (Å²) in [5.41, 5.74) is 5.36. The van der Waals surface area contributed by atoms with E-state index in [1.54, 1.807) is 24.3 Å². The molecule has 0 aliphatic heterocycles. The van der Waals surface area contributed by atoms with E-state index < -0.39 is 17.8 Å². The average molecular weight is 365 g/mol. The number of carbonyl (C=O) groups is 1. The fourth-order valence-electron chi connectivity index (χ4n) is 1.98. The second-order valence-corrected chi connectivity index (χ2v) is 5.89. The van der Waals surface area contributed by atoms with Crippen LogP contribution >= 0.6 is 11.3 Å². The molecule has 2 aromatic heterocycles. The molecule has 1 amide bonds. The van der Waals surface area contributed by atoms with E-state index in [2.05, 4.69) is 20.3 Å². The highest BCUT2D eigenvalue weighted by molar-refractivity contribution is 7.16. The summed E-state index contributed by atoms with van der Waals surface area (Å²) in [7, 11) is 0. The molecule has 0 saturated carbocycles. The summed E-state index contributed by atoms with van der Waals surface area (Å²) in [5, 5.41) is 2.90. The summed E-state index contributed by atoms with van der Waals surface area (Å²) >= 11 is 1.12. The molecule has 25 heavy (non-hydrogen) atoms. The van der Waals surface area contributed by atoms with Crippen LogP contribution < -0.4 is 11.1 Å². The first kappa shape index (κ1) is 16.8. The van der Waals surface area contributed by atoms with Gasteiger partial charge in [-0.15, -0.1) is 11.3 Å². The maximum Gasteiger partial charge on any atom is 0.433 e. The molecule has 0 bridgehead atoms. The largest absolute Gasteiger partial charge is 0.433 e. The molecular formula is C15H10F3N5OS. The fraction of sp³-hybridized carbons (Fsp3) is 0.0667. The molecule has 6 nitrogen and oxygen atoms in total. The van der Waals surface area contributed by atoms with Gasteiger partial charge in [-0.3, -0.25) is 4.79 Å². The van der Waals surface area contributed by atoms with Crippen molar-refractivity contribution in [2.45, 2.75) is 6.18 Å². The number of hydrogen-bond acceptors (Lipinski definition) is 6. The van der Waals surface area contributed by atoms with E-state index >= 15 is 0 Å². The van der Waals surface area contributed by atoms with E-state index in [1.165, 1.54) is 6.20 Å². The number of thiazole rings is 1. The van der Waals surface area contributed by atoms with Crippen LogP contribution in [0.1, 0.15) is 15.5 Å². The Balaban J connectivity index is 1.86. The Kier molecular flexibility index (Phi) is 4.36. The van der Waals surface area contributed by atoms with Gasteiger partial charge in [0, 0.05) is 18.1 Å². The Bertz CT molecular complexity index is 925. The summed E-state index contributed by atoms with van der Waals surface area (Å²) < 4.78 is 38.1. The summed E-state index contributed by atoms with van der Waals surface area (Å²) in [5.74, 6) is -0.794. The third kappa shape index (κ3) is 3.91. The van der Waals surface area contributed by atoms with Gasteiger partial charge in [-0.25, -0.2) is 15.0 Å². The van der Waals surface area contributed by atoms with E-state index in [4.69, 9.17) is 5.73 Å². The van der Waals surface area contributed by atoms with Gasteiger partial charge < -0.3 is 11.1 Å². The van der Waals surface area contributed by atoms with Gasteiger partial charge in [-0.1, -0.05) is 12.1 Å². The maximum atomic E-state index is 12.7. The number of benzene rings is 1. The first-order chi connectivity index (χ1) is 11.8. The molecule has 0 fully saturated rings. The molecule has 0 saturated heterocycles. The number of nitrogens with one attached hydrogen (secondary N) is 1. The molecule has 0 aliphatic carbocycles. The van der Waals surface area contributed by atoms with Crippen LogP contribution in [0.3, 0.4) is 0 Å². The average Bonchev–Trinajstić information content (AvgIpc) is 3.05. The van der Waals surface area contributed by atoms with Crippen molar-refractivity contribution in [3.63, 3.8) is 0 Å². The number of nitrogens with two attached hydrogens (primary N) is 1. The second kappa shape index (κ2) is 6.48. The van der Waals surface area contributed by atoms with Gasteiger partial charge in [0.1, 0.15) is 5.69 Å². The Labute approximate surface area is 143 Å². The number of hydrogen-bond donors (Lipinski definition) is 2. The zero-order chi connectivity index (χ0) is 18.0. The molecule has 0 radical (unpaired) electrons. The second-order valence-electron chi connectivity index (χ2n) is 4.86. The number of nitrogens with zero attached hydrogens (tertiary/aromatic N) is 3. The van der Waals surface area contributed by atoms with Crippen LogP contribution in [-0.4, -0.2) is 20.9 Å². The number of rotatable bonds is 4. The lowest BCUT2D eigenvalue weighted by atomic mass is 10.2. The van der Waals surface area contributed by atoms with Crippen LogP contribution in [-0.2, 0) is 6.18 Å². The van der Waals surface area contributed by atoms with Crippen LogP contribution in [0, 0.1) is 0 Å². The zero-order valence-electron chi connectivity index (χ0n) is 12.4. The van der Waals surface area contributed by atoms with Crippen LogP contribution in [0.2, 0.25) is 0 Å². The minimum atomic E-state index is -4.55. The molecule has 0 unspecified atom stereocenters. The molecule has 2 heterocycles. The van der Waals surface area contributed by atoms with Crippen LogP contribution in [0.15, 0.2) is 42.7 Å². The molecule has 0 atom stereocenters. The summed E-state index contributed by atoms with van der Waals surface area (Å²) in [6.07, 6.45) is -2.01. The minimum Gasteiger partial charge on any atom is -0.364 e. The highest BCUT2D eigenvalue weighted by atomic mass is 32.1. The van der Waals surface area contributed by atoms with Crippen molar-refractivity contribution in [1.29, 1.82) is 0 Å². The van der Waals surface area contributed by atoms with Gasteiger partial charge >= 0.3 is 6.18 Å². The van der Waals surface area contributed by atoms with Crippen LogP contribution in [0.5, 0.6) is 0 Å². The number of aromatic nitrogens is 3. The predicted octanol–water partition coefficient (Wildman–Crippen LogP) is 3.46. The Morgan fingerprint density at radius 1 is 1.20 bits per heavy atom. The molecule has 0 spiro atoms. The Morgan fingerprint density at radius 2 is 2.00 bits per heavy atom. The van der Waals surface area contributed by atoms with Crippen molar-refractivity contribution in [3.05, 3.63) is 53.4 Å². The molecule has 1 aromatic carbocycles. The standard InChI is InChI=1S/C15H10F3N5OS/c16-15(17,18)11-4-5-20-14(23-11)22-9-3-1-2-8(6-9)10-7-21-13(25-10)12(19)24/h1-7H,(H2,19,24)(H,20,22,23). The highest BCUT2D eigenvalue weighted by Crippen LogP contribution is 2.30. The maximum absolute atomic E-state index is 12.7. The van der Waals surface area contributed by atoms with E-state index in [0.717, 1.165) is 29.2 Å². The van der Waals surface area contributed by atoms with E-state index in [1.807, 2.05) is 0 Å². The molecule has 3 rings (SSSR count). The molecular weight excluding hydrogens is 355 g/mol. The summed E-state index contributed by atoms with van der Waals surface area (Å²) in [6.45, 7) is 0. The van der Waals surface area contributed by atoms with Crippen molar-refractivity contribution in [2.24, 2.45) is 5.73 Å². The number of halogens is 3. The van der Waals surface area contributed by atoms with E-state index in [9.17, 15) is 18.0 Å². The number of alkyl halides is 3. The summed E-state index contributed by atoms with van der Waals surface area (Å²) in [4.78, 5) is 23.0. The van der Waals surface area contributed by atoms with Gasteiger partial charge in [0.05, 0.1) is 4.88 Å². The molecule has 0 aliphatic rings. The van der Waals surface area contributed by atoms with Crippen molar-refractivity contribution >= 4 is 28.9 Å². The number of anilines is 2. The predicted molar refractivity (Wildman–Crippen MR) is 86.4 cm³/mol. The van der Waals surface area contributed by atoms with Gasteiger partial charge in [0.15, 0.2) is 5.01 Å². The first-order valence-corrected chi connectivity index (χ1v) is 7.68. The summed E-state index contributed by atoms with van der Waals surface area (Å²) in [6, 6.07) is 7.61. The number of amides is 1. The van der Waals surface area contributed by atoms with E-state index in [-0.39, 0.29) is 11.0 Å². The molecule has 128 valence electrons. The smallest absolute Gasteiger partial charge is 0.364 e. The monoisotopic (exact) mass is 365 g/mol. The quantitative estimate of drug-likeness (QED) is 0.738. The lowest BCUT2D eigenvalue weighted by Crippen LogP contribution is -2.10. The lowest BCUT2D eigenvalue weighted by Gasteiger charge is -2.09. The van der Waals surface area contributed by atoms with Crippen molar-refractivity contribution in [2.75, 3.05) is 5.32 Å². The van der Waals surface area contributed by atoms with Crippen molar-refractivity contribution in [1.82, 2.24) is 15.0 Å². The highest BCUT2D eigenvalue weighted by Gasteiger charge is 2.32. The number of carbonyl (C=O) groups excluding carboxylic acids is 1. The zero-order valence-corrected chi connectivity index (χ0v) is 13.2. The fourth-order valence-corrected chi connectivity index (χ4v) is 2.74. The molecule has 3 N–H and O–H groups in total. The molecule has 10 heteroatoms. The third-order valence-corrected chi connectivity index (χ3v) is 4.13. The normalized spacial score (nSPS) is 11.3. The van der Waals surface area contributed by atoms with Crippen LogP contribution in [0.25, 0.3) is 10.4 Å². The van der Waals surface area contributed by atoms with Gasteiger partial charge in [-0.2, -0.15) is 13.2 Å². The van der Waals surface area contributed by atoms with Gasteiger partial charge in [0.25, 0.3) is 5.91 Å².